The molecule has 1 spiro atoms. The number of carbonyl (C=O) groups excluding carboxylic acids is 3. The first-order valence-electron chi connectivity index (χ1n) is 10.8. The lowest BCUT2D eigenvalue weighted by Gasteiger charge is -2.33. The maximum atomic E-state index is 14.0. The number of para-hydroxylation sites is 1. The van der Waals surface area contributed by atoms with E-state index in [2.05, 4.69) is 5.32 Å². The standard InChI is InChI=1S/C26H22ClN3O3S/c1-16-7-8-17(2)21(13-16)28-23(31)14-29-22-6-4-3-5-20(22)26(25(29)33)30(24(32)15-34-26)19-11-9-18(27)10-12-19/h3-13H,14-15H2,1-2H3,(H,28,31)/t26-/m1/s1. The number of nitrogens with zero attached hydrogens (tertiary/aromatic N) is 2. The average molecular weight is 492 g/mol. The summed E-state index contributed by atoms with van der Waals surface area (Å²) in [7, 11) is 0. The van der Waals surface area contributed by atoms with E-state index in [1.807, 2.05) is 56.3 Å². The van der Waals surface area contributed by atoms with Crippen molar-refractivity contribution in [1.29, 1.82) is 0 Å². The zero-order valence-electron chi connectivity index (χ0n) is 18.7. The second-order valence-electron chi connectivity index (χ2n) is 8.41. The van der Waals surface area contributed by atoms with Gasteiger partial charge in [0.2, 0.25) is 16.7 Å². The molecule has 172 valence electrons. The number of halogens is 1. The van der Waals surface area contributed by atoms with Crippen LogP contribution in [0.15, 0.2) is 66.7 Å². The van der Waals surface area contributed by atoms with Crippen LogP contribution in [0.3, 0.4) is 0 Å². The van der Waals surface area contributed by atoms with E-state index in [9.17, 15) is 14.4 Å². The molecule has 8 heteroatoms. The number of nitrogens with one attached hydrogen (secondary N) is 1. The molecule has 0 bridgehead atoms. The molecular formula is C26H22ClN3O3S. The number of aryl methyl sites for hydroxylation is 2. The Kier molecular flexibility index (Phi) is 5.62. The highest BCUT2D eigenvalue weighted by Crippen LogP contribution is 2.55. The van der Waals surface area contributed by atoms with Crippen LogP contribution in [0.25, 0.3) is 0 Å². The van der Waals surface area contributed by atoms with E-state index in [1.54, 1.807) is 24.3 Å². The number of carbonyl (C=O) groups is 3. The molecule has 3 aromatic carbocycles. The summed E-state index contributed by atoms with van der Waals surface area (Å²) >= 11 is 7.33. The van der Waals surface area contributed by atoms with Crippen LogP contribution in [0.2, 0.25) is 5.02 Å². The Bertz CT molecular complexity index is 1330. The van der Waals surface area contributed by atoms with Crippen LogP contribution < -0.4 is 15.1 Å². The minimum absolute atomic E-state index is 0.158. The van der Waals surface area contributed by atoms with Gasteiger partial charge < -0.3 is 5.32 Å². The first-order valence-corrected chi connectivity index (χ1v) is 12.2. The Balaban J connectivity index is 1.51. The Morgan fingerprint density at radius 1 is 1.06 bits per heavy atom. The van der Waals surface area contributed by atoms with E-state index >= 15 is 0 Å². The normalized spacial score (nSPS) is 19.1. The first-order chi connectivity index (χ1) is 16.3. The van der Waals surface area contributed by atoms with Gasteiger partial charge in [-0.3, -0.25) is 24.2 Å². The molecule has 1 atom stereocenters. The second kappa shape index (κ2) is 8.49. The third kappa shape index (κ3) is 3.56. The summed E-state index contributed by atoms with van der Waals surface area (Å²) in [4.78, 5) is 41.8. The molecule has 3 aromatic rings. The lowest BCUT2D eigenvalue weighted by atomic mass is 10.0. The van der Waals surface area contributed by atoms with Crippen molar-refractivity contribution in [2.24, 2.45) is 0 Å². The van der Waals surface area contributed by atoms with Gasteiger partial charge in [0, 0.05) is 22.0 Å². The maximum absolute atomic E-state index is 14.0. The van der Waals surface area contributed by atoms with E-state index in [4.69, 9.17) is 11.6 Å². The summed E-state index contributed by atoms with van der Waals surface area (Å²) in [6, 6.07) is 20.0. The van der Waals surface area contributed by atoms with E-state index < -0.39 is 4.87 Å². The fraction of sp³-hybridized carbons (Fsp3) is 0.192. The van der Waals surface area contributed by atoms with Gasteiger partial charge in [0.15, 0.2) is 0 Å². The minimum atomic E-state index is -1.26. The number of hydrogen-bond acceptors (Lipinski definition) is 4. The lowest BCUT2D eigenvalue weighted by Crippen LogP contribution is -2.50. The molecule has 6 nitrogen and oxygen atoms in total. The first kappa shape index (κ1) is 22.5. The summed E-state index contributed by atoms with van der Waals surface area (Å²) in [5.41, 5.74) is 4.60. The van der Waals surface area contributed by atoms with Crippen molar-refractivity contribution in [2.45, 2.75) is 18.7 Å². The smallest absolute Gasteiger partial charge is 0.269 e. The molecular weight excluding hydrogens is 470 g/mol. The van der Waals surface area contributed by atoms with Crippen molar-refractivity contribution in [1.82, 2.24) is 0 Å². The van der Waals surface area contributed by atoms with Crippen molar-refractivity contribution in [3.63, 3.8) is 0 Å². The molecule has 0 aromatic heterocycles. The molecule has 5 rings (SSSR count). The van der Waals surface area contributed by atoms with Crippen molar-refractivity contribution < 1.29 is 14.4 Å². The number of thioether (sulfide) groups is 1. The van der Waals surface area contributed by atoms with Gasteiger partial charge in [-0.25, -0.2) is 0 Å². The summed E-state index contributed by atoms with van der Waals surface area (Å²) in [5.74, 6) is -0.625. The average Bonchev–Trinajstić information content (AvgIpc) is 3.28. The fourth-order valence-electron chi connectivity index (χ4n) is 4.51. The predicted molar refractivity (Wildman–Crippen MR) is 136 cm³/mol. The van der Waals surface area contributed by atoms with Gasteiger partial charge in [0.1, 0.15) is 6.54 Å². The number of fused-ring (bicyclic) bond motifs is 2. The van der Waals surface area contributed by atoms with Gasteiger partial charge in [-0.1, -0.05) is 41.9 Å². The Morgan fingerprint density at radius 3 is 2.56 bits per heavy atom. The number of hydrogen-bond donors (Lipinski definition) is 1. The second-order valence-corrected chi connectivity index (χ2v) is 10.0. The van der Waals surface area contributed by atoms with Crippen LogP contribution in [0, 0.1) is 13.8 Å². The Labute approximate surface area is 206 Å². The molecule has 2 aliphatic heterocycles. The molecule has 0 aliphatic carbocycles. The molecule has 0 radical (unpaired) electrons. The third-order valence-corrected chi connectivity index (χ3v) is 7.76. The molecule has 34 heavy (non-hydrogen) atoms. The molecule has 1 N–H and O–H groups in total. The number of rotatable bonds is 4. The summed E-state index contributed by atoms with van der Waals surface area (Å²) in [5, 5.41) is 3.47. The summed E-state index contributed by atoms with van der Waals surface area (Å²) < 4.78 is 0. The third-order valence-electron chi connectivity index (χ3n) is 6.12. The van der Waals surface area contributed by atoms with Gasteiger partial charge in [0.25, 0.3) is 5.91 Å². The summed E-state index contributed by atoms with van der Waals surface area (Å²) in [6.07, 6.45) is 0. The van der Waals surface area contributed by atoms with Crippen molar-refractivity contribution in [2.75, 3.05) is 27.4 Å². The zero-order chi connectivity index (χ0) is 24.0. The number of anilines is 3. The van der Waals surface area contributed by atoms with Crippen molar-refractivity contribution >= 4 is 58.1 Å². The highest BCUT2D eigenvalue weighted by molar-refractivity contribution is 8.02. The largest absolute Gasteiger partial charge is 0.324 e. The highest BCUT2D eigenvalue weighted by atomic mass is 35.5. The lowest BCUT2D eigenvalue weighted by molar-refractivity contribution is -0.124. The van der Waals surface area contributed by atoms with Gasteiger partial charge in [-0.05, 0) is 61.4 Å². The maximum Gasteiger partial charge on any atom is 0.269 e. The fourth-order valence-corrected chi connectivity index (χ4v) is 5.99. The van der Waals surface area contributed by atoms with Crippen molar-refractivity contribution in [3.05, 3.63) is 88.4 Å². The summed E-state index contributed by atoms with van der Waals surface area (Å²) in [6.45, 7) is 3.72. The van der Waals surface area contributed by atoms with Crippen LogP contribution >= 0.6 is 23.4 Å². The van der Waals surface area contributed by atoms with Crippen molar-refractivity contribution in [3.8, 4) is 0 Å². The molecule has 1 fully saturated rings. The zero-order valence-corrected chi connectivity index (χ0v) is 20.2. The van der Waals surface area contributed by atoms with Gasteiger partial charge in [-0.2, -0.15) is 0 Å². The highest BCUT2D eigenvalue weighted by Gasteiger charge is 2.61. The van der Waals surface area contributed by atoms with Gasteiger partial charge >= 0.3 is 0 Å². The SMILES string of the molecule is Cc1ccc(C)c(NC(=O)CN2C(=O)[C@]3(SCC(=O)N3c3ccc(Cl)cc3)c3ccccc32)c1. The van der Waals surface area contributed by atoms with Crippen LogP contribution in [-0.4, -0.2) is 30.0 Å². The van der Waals surface area contributed by atoms with Gasteiger partial charge in [-0.15, -0.1) is 11.8 Å². The Hall–Kier alpha value is -3.29. The van der Waals surface area contributed by atoms with Gasteiger partial charge in [0.05, 0.1) is 11.4 Å². The van der Waals surface area contributed by atoms with E-state index in [0.29, 0.717) is 27.6 Å². The van der Waals surface area contributed by atoms with Crippen LogP contribution in [-0.2, 0) is 19.3 Å². The Morgan fingerprint density at radius 2 is 1.79 bits per heavy atom. The predicted octanol–water partition coefficient (Wildman–Crippen LogP) is 4.87. The van der Waals surface area contributed by atoms with E-state index in [0.717, 1.165) is 11.1 Å². The van der Waals surface area contributed by atoms with Crippen LogP contribution in [0.5, 0.6) is 0 Å². The molecule has 1 saturated heterocycles. The topological polar surface area (TPSA) is 69.7 Å². The molecule has 0 unspecified atom stereocenters. The molecule has 2 aliphatic rings. The monoisotopic (exact) mass is 491 g/mol. The number of benzene rings is 3. The van der Waals surface area contributed by atoms with E-state index in [1.165, 1.54) is 21.6 Å². The minimum Gasteiger partial charge on any atom is -0.324 e. The van der Waals surface area contributed by atoms with E-state index in [-0.39, 0.29) is 30.0 Å². The van der Waals surface area contributed by atoms with Crippen LogP contribution in [0.1, 0.15) is 16.7 Å². The molecule has 2 heterocycles. The number of amides is 3. The molecule has 3 amide bonds. The quantitative estimate of drug-likeness (QED) is 0.565. The molecule has 0 saturated carbocycles. The van der Waals surface area contributed by atoms with Crippen LogP contribution in [0.4, 0.5) is 17.1 Å².